The van der Waals surface area contributed by atoms with Crippen molar-refractivity contribution in [2.45, 2.75) is 33.6 Å². The molecule has 0 aliphatic rings. The van der Waals surface area contributed by atoms with E-state index in [0.29, 0.717) is 0 Å². The van der Waals surface area contributed by atoms with Gasteiger partial charge in [-0.2, -0.15) is 0 Å². The molecule has 150 valence electrons. The zero-order valence-electron chi connectivity index (χ0n) is 16.9. The first-order chi connectivity index (χ1) is 13.2. The summed E-state index contributed by atoms with van der Waals surface area (Å²) in [6.07, 6.45) is 5.89. The Balaban J connectivity index is 0.00000280. The zero-order valence-corrected chi connectivity index (χ0v) is 19.2. The molecule has 0 unspecified atom stereocenters. The van der Waals surface area contributed by atoms with Gasteiger partial charge in [-0.15, -0.1) is 24.0 Å². The molecule has 3 rings (SSSR count). The molecule has 2 aromatic heterocycles. The number of halogens is 1. The van der Waals surface area contributed by atoms with E-state index in [1.165, 1.54) is 27.6 Å². The second kappa shape index (κ2) is 11.0. The smallest absolute Gasteiger partial charge is 0.191 e. The zero-order chi connectivity index (χ0) is 19.1. The lowest BCUT2D eigenvalue weighted by Crippen LogP contribution is -2.38. The molecule has 0 bridgehead atoms. The minimum Gasteiger partial charge on any atom is -0.361 e. The Hall–Kier alpha value is -2.09. The molecule has 6 heteroatoms. The number of hydrogen-bond acceptors (Lipinski definition) is 2. The lowest BCUT2D eigenvalue weighted by atomic mass is 10.1. The Kier molecular flexibility index (Phi) is 8.76. The fraction of sp³-hybridized carbons (Fsp3) is 0.364. The summed E-state index contributed by atoms with van der Waals surface area (Å²) in [5.41, 5.74) is 6.07. The van der Waals surface area contributed by atoms with E-state index in [-0.39, 0.29) is 24.0 Å². The van der Waals surface area contributed by atoms with Crippen molar-refractivity contribution in [2.24, 2.45) is 4.99 Å². The number of benzene rings is 1. The maximum atomic E-state index is 4.72. The van der Waals surface area contributed by atoms with Crippen LogP contribution in [-0.4, -0.2) is 35.6 Å². The molecule has 1 aromatic carbocycles. The van der Waals surface area contributed by atoms with Crippen LogP contribution >= 0.6 is 24.0 Å². The van der Waals surface area contributed by atoms with Crippen LogP contribution < -0.4 is 10.6 Å². The minimum atomic E-state index is 0. The van der Waals surface area contributed by atoms with E-state index in [1.54, 1.807) is 0 Å². The second-order valence-electron chi connectivity index (χ2n) is 6.86. The van der Waals surface area contributed by atoms with Gasteiger partial charge in [-0.05, 0) is 62.4 Å². The number of rotatable bonds is 7. The topological polar surface area (TPSA) is 65.1 Å². The van der Waals surface area contributed by atoms with E-state index in [2.05, 4.69) is 71.0 Å². The van der Waals surface area contributed by atoms with Gasteiger partial charge < -0.3 is 15.6 Å². The standard InChI is InChI=1S/C22H29N5.HI/c1-4-23-22(24-11-9-18-7-6-17(3)26-14-18)25-12-10-19-15-27-21-13-16(2)5-8-20(19)21;/h5-8,13-15,27H,4,9-12H2,1-3H3,(H2,23,24,25);1H. The van der Waals surface area contributed by atoms with E-state index < -0.39 is 0 Å². The fourth-order valence-corrected chi connectivity index (χ4v) is 3.11. The fourth-order valence-electron chi connectivity index (χ4n) is 3.11. The van der Waals surface area contributed by atoms with Crippen LogP contribution in [0.15, 0.2) is 47.7 Å². The summed E-state index contributed by atoms with van der Waals surface area (Å²) < 4.78 is 0. The Morgan fingerprint density at radius 2 is 1.96 bits per heavy atom. The average Bonchev–Trinajstić information content (AvgIpc) is 3.05. The van der Waals surface area contributed by atoms with Crippen LogP contribution in [0.25, 0.3) is 10.9 Å². The van der Waals surface area contributed by atoms with Crippen LogP contribution in [-0.2, 0) is 12.8 Å². The van der Waals surface area contributed by atoms with Gasteiger partial charge in [0.25, 0.3) is 0 Å². The number of guanidine groups is 1. The average molecular weight is 491 g/mol. The SMILES string of the molecule is CCNC(=NCCc1c[nH]c2cc(C)ccc12)NCCc1ccc(C)nc1.I. The van der Waals surface area contributed by atoms with Crippen molar-refractivity contribution >= 4 is 40.8 Å². The van der Waals surface area contributed by atoms with E-state index >= 15 is 0 Å². The molecule has 2 heterocycles. The summed E-state index contributed by atoms with van der Waals surface area (Å²) >= 11 is 0. The molecule has 3 aromatic rings. The maximum Gasteiger partial charge on any atom is 0.191 e. The first kappa shape index (κ1) is 22.2. The quantitative estimate of drug-likeness (QED) is 0.265. The van der Waals surface area contributed by atoms with Gasteiger partial charge >= 0.3 is 0 Å². The normalized spacial score (nSPS) is 11.3. The molecule has 0 radical (unpaired) electrons. The Morgan fingerprint density at radius 3 is 2.71 bits per heavy atom. The summed E-state index contributed by atoms with van der Waals surface area (Å²) in [6, 6.07) is 10.7. The first-order valence-electron chi connectivity index (χ1n) is 9.66. The number of aliphatic imine (C=N–C) groups is 1. The minimum absolute atomic E-state index is 0. The molecule has 0 saturated carbocycles. The third kappa shape index (κ3) is 6.22. The number of H-pyrrole nitrogens is 1. The predicted octanol–water partition coefficient (Wildman–Crippen LogP) is 4.14. The van der Waals surface area contributed by atoms with Crippen LogP contribution in [0.5, 0.6) is 0 Å². The van der Waals surface area contributed by atoms with Gasteiger partial charge in [-0.25, -0.2) is 0 Å². The van der Waals surface area contributed by atoms with Gasteiger partial charge in [-0.3, -0.25) is 9.98 Å². The number of aromatic amines is 1. The second-order valence-corrected chi connectivity index (χ2v) is 6.86. The van der Waals surface area contributed by atoms with Gasteiger partial charge in [0.2, 0.25) is 0 Å². The number of aryl methyl sites for hydroxylation is 2. The van der Waals surface area contributed by atoms with E-state index in [1.807, 2.05) is 13.1 Å². The van der Waals surface area contributed by atoms with Gasteiger partial charge in [0, 0.05) is 48.6 Å². The molecule has 0 amide bonds. The van der Waals surface area contributed by atoms with Crippen molar-refractivity contribution in [1.82, 2.24) is 20.6 Å². The van der Waals surface area contributed by atoms with E-state index in [4.69, 9.17) is 4.99 Å². The number of nitrogens with zero attached hydrogens (tertiary/aromatic N) is 2. The van der Waals surface area contributed by atoms with Gasteiger partial charge in [0.1, 0.15) is 0 Å². The number of nitrogens with one attached hydrogen (secondary N) is 3. The molecule has 5 nitrogen and oxygen atoms in total. The van der Waals surface area contributed by atoms with Crippen molar-refractivity contribution in [3.63, 3.8) is 0 Å². The van der Waals surface area contributed by atoms with Crippen LogP contribution in [0.4, 0.5) is 0 Å². The lowest BCUT2D eigenvalue weighted by Gasteiger charge is -2.11. The highest BCUT2D eigenvalue weighted by Gasteiger charge is 2.04. The van der Waals surface area contributed by atoms with E-state index in [9.17, 15) is 0 Å². The highest BCUT2D eigenvalue weighted by atomic mass is 127. The third-order valence-corrected chi connectivity index (χ3v) is 4.60. The van der Waals surface area contributed by atoms with Crippen LogP contribution in [0.2, 0.25) is 0 Å². The Bertz CT molecular complexity index is 899. The summed E-state index contributed by atoms with van der Waals surface area (Å²) in [7, 11) is 0. The van der Waals surface area contributed by atoms with E-state index in [0.717, 1.165) is 44.1 Å². The van der Waals surface area contributed by atoms with Gasteiger partial charge in [0.05, 0.1) is 0 Å². The maximum absolute atomic E-state index is 4.72. The number of pyridine rings is 1. The molecule has 0 aliphatic carbocycles. The summed E-state index contributed by atoms with van der Waals surface area (Å²) in [5.74, 6) is 0.869. The summed E-state index contributed by atoms with van der Waals surface area (Å²) in [5, 5.41) is 8.02. The Labute approximate surface area is 184 Å². The highest BCUT2D eigenvalue weighted by molar-refractivity contribution is 14.0. The third-order valence-electron chi connectivity index (χ3n) is 4.60. The van der Waals surface area contributed by atoms with Crippen LogP contribution in [0.1, 0.15) is 29.3 Å². The number of hydrogen-bond donors (Lipinski definition) is 3. The van der Waals surface area contributed by atoms with Crippen molar-refractivity contribution in [1.29, 1.82) is 0 Å². The van der Waals surface area contributed by atoms with Crippen LogP contribution in [0, 0.1) is 13.8 Å². The number of aromatic nitrogens is 2. The molecule has 0 saturated heterocycles. The monoisotopic (exact) mass is 491 g/mol. The molecule has 0 atom stereocenters. The van der Waals surface area contributed by atoms with Crippen LogP contribution in [0.3, 0.4) is 0 Å². The predicted molar refractivity (Wildman–Crippen MR) is 129 cm³/mol. The summed E-state index contributed by atoms with van der Waals surface area (Å²) in [4.78, 5) is 12.4. The summed E-state index contributed by atoms with van der Waals surface area (Å²) in [6.45, 7) is 8.65. The molecular weight excluding hydrogens is 461 g/mol. The molecule has 0 fully saturated rings. The first-order valence-corrected chi connectivity index (χ1v) is 9.66. The van der Waals surface area contributed by atoms with Gasteiger partial charge in [0.15, 0.2) is 5.96 Å². The molecule has 28 heavy (non-hydrogen) atoms. The van der Waals surface area contributed by atoms with Crippen molar-refractivity contribution in [3.05, 3.63) is 65.1 Å². The molecule has 3 N–H and O–H groups in total. The van der Waals surface area contributed by atoms with Crippen molar-refractivity contribution in [2.75, 3.05) is 19.6 Å². The van der Waals surface area contributed by atoms with Gasteiger partial charge in [-0.1, -0.05) is 18.2 Å². The Morgan fingerprint density at radius 1 is 1.11 bits per heavy atom. The highest BCUT2D eigenvalue weighted by Crippen LogP contribution is 2.19. The lowest BCUT2D eigenvalue weighted by molar-refractivity contribution is 0.795. The largest absolute Gasteiger partial charge is 0.361 e. The molecule has 0 spiro atoms. The molecular formula is C22H30IN5. The van der Waals surface area contributed by atoms with Crippen molar-refractivity contribution < 1.29 is 0 Å². The van der Waals surface area contributed by atoms with Crippen molar-refractivity contribution in [3.8, 4) is 0 Å². The molecule has 0 aliphatic heterocycles. The number of fused-ring (bicyclic) bond motifs is 1.